The minimum Gasteiger partial charge on any atom is -0.462 e. The average molecular weight is 761 g/mol. The summed E-state index contributed by atoms with van der Waals surface area (Å²) in [7, 11) is 1.48. The van der Waals surface area contributed by atoms with Crippen LogP contribution >= 0.6 is 7.82 Å². The van der Waals surface area contributed by atoms with Crippen LogP contribution in [-0.4, -0.2) is 74.9 Å². The molecule has 0 aliphatic rings. The summed E-state index contributed by atoms with van der Waals surface area (Å²) in [5.74, 6) is -0.802. The number of likely N-dealkylation sites (N-methyl/N-ethyl adjacent to an activating group) is 1. The Morgan fingerprint density at radius 2 is 1.00 bits per heavy atom. The molecule has 0 heterocycles. The number of nitrogens with zero attached hydrogens (tertiary/aromatic N) is 1. The number of phosphoric ester groups is 1. The second-order valence-electron chi connectivity index (χ2n) is 15.7. The molecule has 0 aromatic carbocycles. The van der Waals surface area contributed by atoms with Crippen LogP contribution in [0.5, 0.6) is 0 Å². The first-order valence-corrected chi connectivity index (χ1v) is 22.9. The van der Waals surface area contributed by atoms with Gasteiger partial charge in [-0.05, 0) is 32.1 Å². The minimum absolute atomic E-state index is 0.0334. The summed E-state index contributed by atoms with van der Waals surface area (Å²) in [4.78, 5) is 35.3. The average Bonchev–Trinajstić information content (AvgIpc) is 3.09. The Bertz CT molecular complexity index is 907. The van der Waals surface area contributed by atoms with Crippen LogP contribution in [0.4, 0.5) is 0 Å². The first-order chi connectivity index (χ1) is 25.0. The molecule has 0 bridgehead atoms. The highest BCUT2D eigenvalue weighted by molar-refractivity contribution is 7.47. The lowest BCUT2D eigenvalue weighted by Crippen LogP contribution is -2.37. The Kier molecular flexibility index (Phi) is 34.6. The smallest absolute Gasteiger partial charge is 0.462 e. The van der Waals surface area contributed by atoms with Gasteiger partial charge in [0.05, 0.1) is 27.7 Å². The molecule has 2 atom stereocenters. The molecular weight excluding hydrogens is 677 g/mol. The van der Waals surface area contributed by atoms with Crippen molar-refractivity contribution in [2.45, 2.75) is 200 Å². The molecule has 0 spiro atoms. The minimum atomic E-state index is -4.37. The predicted molar refractivity (Wildman–Crippen MR) is 215 cm³/mol. The number of phosphoric acid groups is 1. The number of carbonyl (C=O) groups excluding carboxylic acids is 2. The maximum atomic E-state index is 12.7. The van der Waals surface area contributed by atoms with Crippen LogP contribution in [0.3, 0.4) is 0 Å². The summed E-state index contributed by atoms with van der Waals surface area (Å²) < 4.78 is 34.2. The summed E-state index contributed by atoms with van der Waals surface area (Å²) in [6.07, 6.45) is 35.4. The van der Waals surface area contributed by atoms with Gasteiger partial charge < -0.3 is 18.9 Å². The van der Waals surface area contributed by atoms with Gasteiger partial charge in [-0.15, -0.1) is 0 Å². The molecule has 0 saturated carbocycles. The van der Waals surface area contributed by atoms with E-state index in [1.165, 1.54) is 103 Å². The van der Waals surface area contributed by atoms with Crippen molar-refractivity contribution in [3.8, 4) is 0 Å². The van der Waals surface area contributed by atoms with E-state index in [2.05, 4.69) is 26.0 Å². The topological polar surface area (TPSA) is 108 Å². The van der Waals surface area contributed by atoms with Gasteiger partial charge in [-0.2, -0.15) is 0 Å². The highest BCUT2D eigenvalue weighted by Crippen LogP contribution is 2.43. The van der Waals surface area contributed by atoms with Gasteiger partial charge in [-0.3, -0.25) is 18.6 Å². The van der Waals surface area contributed by atoms with Gasteiger partial charge in [0.15, 0.2) is 6.10 Å². The fourth-order valence-corrected chi connectivity index (χ4v) is 6.62. The summed E-state index contributed by atoms with van der Waals surface area (Å²) in [5, 5.41) is 0. The lowest BCUT2D eigenvalue weighted by atomic mass is 10.0. The number of hydrogen-bond acceptors (Lipinski definition) is 7. The molecule has 0 rings (SSSR count). The third-order valence-electron chi connectivity index (χ3n) is 9.30. The molecule has 0 saturated heterocycles. The highest BCUT2D eigenvalue weighted by atomic mass is 31.2. The predicted octanol–water partition coefficient (Wildman–Crippen LogP) is 11.8. The number of hydrogen-bond donors (Lipinski definition) is 1. The SMILES string of the molecule is CCCC/C=C/CCCCCCCC(=O)OC[C@H](COP(=O)(O)OCC[N+](C)(C)C)OC(=O)CCCCCCCCCCCCCCCCCCC. The van der Waals surface area contributed by atoms with Crippen molar-refractivity contribution in [3.05, 3.63) is 12.2 Å². The van der Waals surface area contributed by atoms with E-state index < -0.39 is 26.5 Å². The second-order valence-corrected chi connectivity index (χ2v) is 17.2. The first-order valence-electron chi connectivity index (χ1n) is 21.4. The van der Waals surface area contributed by atoms with Crippen molar-refractivity contribution < 1.29 is 42.1 Å². The standard InChI is InChI=1S/C42H82NO8P/c1-6-8-10-12-14-16-18-19-20-21-22-23-25-27-29-31-33-35-42(45)51-40(39-50-52(46,47)49-37-36-43(3,4)5)38-48-41(44)34-32-30-28-26-24-17-15-13-11-9-7-2/h13,15,40H,6-12,14,16-39H2,1-5H3/p+1/b15-13+/t40-/m1/s1. The molecule has 0 aliphatic heterocycles. The fourth-order valence-electron chi connectivity index (χ4n) is 5.88. The molecule has 0 aromatic rings. The lowest BCUT2D eigenvalue weighted by molar-refractivity contribution is -0.870. The van der Waals surface area contributed by atoms with Crippen LogP contribution in [0.2, 0.25) is 0 Å². The molecule has 0 fully saturated rings. The van der Waals surface area contributed by atoms with E-state index in [-0.39, 0.29) is 32.0 Å². The third-order valence-corrected chi connectivity index (χ3v) is 10.3. The molecule has 0 aliphatic carbocycles. The Labute approximate surface area is 320 Å². The molecule has 10 heteroatoms. The van der Waals surface area contributed by atoms with E-state index in [9.17, 15) is 19.0 Å². The molecule has 1 N–H and O–H groups in total. The monoisotopic (exact) mass is 761 g/mol. The molecule has 0 radical (unpaired) electrons. The van der Waals surface area contributed by atoms with Gasteiger partial charge in [0, 0.05) is 12.8 Å². The number of esters is 2. The Balaban J connectivity index is 4.33. The van der Waals surface area contributed by atoms with Gasteiger partial charge >= 0.3 is 19.8 Å². The van der Waals surface area contributed by atoms with Gasteiger partial charge in [-0.1, -0.05) is 161 Å². The number of ether oxygens (including phenoxy) is 2. The molecule has 52 heavy (non-hydrogen) atoms. The quantitative estimate of drug-likeness (QED) is 0.0217. The van der Waals surface area contributed by atoms with Crippen LogP contribution in [-0.2, 0) is 32.7 Å². The van der Waals surface area contributed by atoms with E-state index in [4.69, 9.17) is 18.5 Å². The number of unbranched alkanes of at least 4 members (excludes halogenated alkanes) is 23. The van der Waals surface area contributed by atoms with Gasteiger partial charge in [0.25, 0.3) is 0 Å². The van der Waals surface area contributed by atoms with E-state index in [1.807, 2.05) is 21.1 Å². The molecular formula is C42H83NO8P+. The second kappa shape index (κ2) is 35.5. The van der Waals surface area contributed by atoms with E-state index in [0.29, 0.717) is 17.4 Å². The first kappa shape index (κ1) is 50.8. The van der Waals surface area contributed by atoms with Crippen molar-refractivity contribution in [2.24, 2.45) is 0 Å². The summed E-state index contributed by atoms with van der Waals surface area (Å²) in [6.45, 7) is 4.39. The van der Waals surface area contributed by atoms with Crippen LogP contribution in [0, 0.1) is 0 Å². The van der Waals surface area contributed by atoms with E-state index in [1.54, 1.807) is 0 Å². The number of carbonyl (C=O) groups is 2. The zero-order chi connectivity index (χ0) is 38.6. The molecule has 0 aromatic heterocycles. The highest BCUT2D eigenvalue weighted by Gasteiger charge is 2.27. The summed E-state index contributed by atoms with van der Waals surface area (Å²) >= 11 is 0. The third kappa shape index (κ3) is 38.5. The van der Waals surface area contributed by atoms with Crippen LogP contribution in [0.15, 0.2) is 12.2 Å². The van der Waals surface area contributed by atoms with Crippen LogP contribution in [0.25, 0.3) is 0 Å². The van der Waals surface area contributed by atoms with Gasteiger partial charge in [-0.25, -0.2) is 4.57 Å². The number of rotatable bonds is 39. The van der Waals surface area contributed by atoms with Crippen molar-refractivity contribution in [1.82, 2.24) is 0 Å². The summed E-state index contributed by atoms with van der Waals surface area (Å²) in [6, 6.07) is 0. The molecule has 1 unspecified atom stereocenters. The summed E-state index contributed by atoms with van der Waals surface area (Å²) in [5.41, 5.74) is 0. The maximum Gasteiger partial charge on any atom is 0.472 e. The molecule has 9 nitrogen and oxygen atoms in total. The Hall–Kier alpha value is -1.25. The van der Waals surface area contributed by atoms with Crippen LogP contribution < -0.4 is 0 Å². The maximum absolute atomic E-state index is 12.7. The fraction of sp³-hybridized carbons (Fsp3) is 0.905. The largest absolute Gasteiger partial charge is 0.472 e. The number of quaternary nitrogens is 1. The molecule has 308 valence electrons. The zero-order valence-electron chi connectivity index (χ0n) is 34.6. The van der Waals surface area contributed by atoms with Crippen molar-refractivity contribution >= 4 is 19.8 Å². The Morgan fingerprint density at radius 1 is 0.577 bits per heavy atom. The zero-order valence-corrected chi connectivity index (χ0v) is 35.5. The van der Waals surface area contributed by atoms with Crippen molar-refractivity contribution in [2.75, 3.05) is 47.5 Å². The Morgan fingerprint density at radius 3 is 1.48 bits per heavy atom. The molecule has 0 amide bonds. The van der Waals surface area contributed by atoms with Crippen LogP contribution in [0.1, 0.15) is 194 Å². The van der Waals surface area contributed by atoms with E-state index >= 15 is 0 Å². The normalized spacial score (nSPS) is 13.7. The van der Waals surface area contributed by atoms with Gasteiger partial charge in [0.1, 0.15) is 19.8 Å². The van der Waals surface area contributed by atoms with Crippen molar-refractivity contribution in [1.29, 1.82) is 0 Å². The van der Waals surface area contributed by atoms with Gasteiger partial charge in [0.2, 0.25) is 0 Å². The number of allylic oxidation sites excluding steroid dienone is 2. The lowest BCUT2D eigenvalue weighted by Gasteiger charge is -2.24. The van der Waals surface area contributed by atoms with E-state index in [0.717, 1.165) is 57.8 Å². The van der Waals surface area contributed by atoms with Crippen molar-refractivity contribution in [3.63, 3.8) is 0 Å².